The fraction of sp³-hybridized carbons (Fsp3) is 0.562. The third-order valence-electron chi connectivity index (χ3n) is 4.26. The van der Waals surface area contributed by atoms with Gasteiger partial charge in [-0.05, 0) is 25.0 Å². The molecule has 1 atom stereocenters. The number of hydrogen-bond acceptors (Lipinski definition) is 4. The molecule has 0 unspecified atom stereocenters. The quantitative estimate of drug-likeness (QED) is 0.810. The van der Waals surface area contributed by atoms with Gasteiger partial charge in [0.1, 0.15) is 5.69 Å². The van der Waals surface area contributed by atoms with Crippen molar-refractivity contribution >= 4 is 11.8 Å². The molecule has 1 aromatic heterocycles. The van der Waals surface area contributed by atoms with Crippen LogP contribution < -0.4 is 0 Å². The molecule has 0 N–H and O–H groups in total. The van der Waals surface area contributed by atoms with E-state index in [9.17, 15) is 9.59 Å². The molecule has 0 bridgehead atoms. The number of ether oxygens (including phenoxy) is 1. The average molecular weight is 303 g/mol. The minimum atomic E-state index is -0.0977. The zero-order valence-corrected chi connectivity index (χ0v) is 12.6. The molecule has 0 radical (unpaired) electrons. The SMILES string of the molecule is O=C(c1ccccn1)N1CCC[C@@H](C(=O)N2CCOCC2)C1. The average Bonchev–Trinajstić information content (AvgIpc) is 2.62. The van der Waals surface area contributed by atoms with Crippen molar-refractivity contribution in [3.63, 3.8) is 0 Å². The van der Waals surface area contributed by atoms with E-state index in [1.54, 1.807) is 29.3 Å². The molecule has 0 aromatic carbocycles. The van der Waals surface area contributed by atoms with Crippen molar-refractivity contribution in [3.05, 3.63) is 30.1 Å². The summed E-state index contributed by atoms with van der Waals surface area (Å²) in [6.45, 7) is 3.71. The van der Waals surface area contributed by atoms with E-state index in [-0.39, 0.29) is 17.7 Å². The van der Waals surface area contributed by atoms with Crippen molar-refractivity contribution in [2.45, 2.75) is 12.8 Å². The summed E-state index contributed by atoms with van der Waals surface area (Å²) < 4.78 is 5.29. The zero-order chi connectivity index (χ0) is 15.4. The summed E-state index contributed by atoms with van der Waals surface area (Å²) in [5, 5.41) is 0. The van der Waals surface area contributed by atoms with Crippen molar-refractivity contribution in [2.24, 2.45) is 5.92 Å². The molecule has 3 heterocycles. The number of rotatable bonds is 2. The number of carbonyl (C=O) groups excluding carboxylic acids is 2. The molecule has 6 heteroatoms. The molecule has 3 rings (SSSR count). The number of carbonyl (C=O) groups is 2. The molecule has 2 saturated heterocycles. The summed E-state index contributed by atoms with van der Waals surface area (Å²) >= 11 is 0. The van der Waals surface area contributed by atoms with E-state index in [2.05, 4.69) is 4.98 Å². The molecule has 22 heavy (non-hydrogen) atoms. The van der Waals surface area contributed by atoms with Gasteiger partial charge in [0, 0.05) is 32.4 Å². The predicted octanol–water partition coefficient (Wildman–Crippen LogP) is 0.793. The summed E-state index contributed by atoms with van der Waals surface area (Å²) in [4.78, 5) is 32.8. The van der Waals surface area contributed by atoms with Crippen molar-refractivity contribution in [3.8, 4) is 0 Å². The molecule has 2 fully saturated rings. The lowest BCUT2D eigenvalue weighted by Gasteiger charge is -2.36. The second-order valence-corrected chi connectivity index (χ2v) is 5.74. The molecule has 2 aliphatic heterocycles. The van der Waals surface area contributed by atoms with Crippen molar-refractivity contribution in [1.29, 1.82) is 0 Å². The second-order valence-electron chi connectivity index (χ2n) is 5.74. The van der Waals surface area contributed by atoms with Crippen LogP contribution >= 0.6 is 0 Å². The van der Waals surface area contributed by atoms with E-state index < -0.39 is 0 Å². The minimum Gasteiger partial charge on any atom is -0.378 e. The van der Waals surface area contributed by atoms with Crippen LogP contribution in [0.5, 0.6) is 0 Å². The van der Waals surface area contributed by atoms with Crippen LogP contribution in [0.15, 0.2) is 24.4 Å². The maximum absolute atomic E-state index is 12.6. The highest BCUT2D eigenvalue weighted by molar-refractivity contribution is 5.92. The number of hydrogen-bond donors (Lipinski definition) is 0. The molecule has 2 aliphatic rings. The number of pyridine rings is 1. The number of aromatic nitrogens is 1. The van der Waals surface area contributed by atoms with Crippen LogP contribution in [0.25, 0.3) is 0 Å². The van der Waals surface area contributed by atoms with Gasteiger partial charge >= 0.3 is 0 Å². The first-order valence-corrected chi connectivity index (χ1v) is 7.82. The highest BCUT2D eigenvalue weighted by atomic mass is 16.5. The van der Waals surface area contributed by atoms with Gasteiger partial charge < -0.3 is 14.5 Å². The molecule has 118 valence electrons. The molecule has 0 aliphatic carbocycles. The number of likely N-dealkylation sites (tertiary alicyclic amines) is 1. The van der Waals surface area contributed by atoms with E-state index in [1.165, 1.54) is 0 Å². The summed E-state index contributed by atoms with van der Waals surface area (Å²) in [6.07, 6.45) is 3.33. The fourth-order valence-electron chi connectivity index (χ4n) is 3.06. The maximum Gasteiger partial charge on any atom is 0.272 e. The van der Waals surface area contributed by atoms with Crippen molar-refractivity contribution < 1.29 is 14.3 Å². The van der Waals surface area contributed by atoms with Crippen LogP contribution in [0.1, 0.15) is 23.3 Å². The highest BCUT2D eigenvalue weighted by Gasteiger charge is 2.32. The summed E-state index contributed by atoms with van der Waals surface area (Å²) in [7, 11) is 0. The van der Waals surface area contributed by atoms with Gasteiger partial charge in [-0.2, -0.15) is 0 Å². The first-order chi connectivity index (χ1) is 10.8. The van der Waals surface area contributed by atoms with E-state index in [4.69, 9.17) is 4.74 Å². The lowest BCUT2D eigenvalue weighted by molar-refractivity contribution is -0.141. The van der Waals surface area contributed by atoms with Gasteiger partial charge in [-0.25, -0.2) is 0 Å². The van der Waals surface area contributed by atoms with Gasteiger partial charge in [-0.3, -0.25) is 14.6 Å². The Bertz CT molecular complexity index is 529. The number of nitrogens with zero attached hydrogens (tertiary/aromatic N) is 3. The normalized spacial score (nSPS) is 22.5. The smallest absolute Gasteiger partial charge is 0.272 e. The first-order valence-electron chi connectivity index (χ1n) is 7.82. The van der Waals surface area contributed by atoms with Gasteiger partial charge in [-0.1, -0.05) is 6.07 Å². The lowest BCUT2D eigenvalue weighted by Crippen LogP contribution is -2.49. The van der Waals surface area contributed by atoms with E-state index in [0.717, 1.165) is 12.8 Å². The Morgan fingerprint density at radius 3 is 2.68 bits per heavy atom. The van der Waals surface area contributed by atoms with E-state index >= 15 is 0 Å². The standard InChI is InChI=1S/C16H21N3O3/c20-15(18-8-10-22-11-9-18)13-4-3-7-19(12-13)16(21)14-5-1-2-6-17-14/h1-2,5-6,13H,3-4,7-12H2/t13-/m1/s1. The summed E-state index contributed by atoms with van der Waals surface area (Å²) in [5.74, 6) is -0.0265. The van der Waals surface area contributed by atoms with Gasteiger partial charge in [0.15, 0.2) is 0 Å². The first kappa shape index (κ1) is 15.0. The van der Waals surface area contributed by atoms with Crippen molar-refractivity contribution in [1.82, 2.24) is 14.8 Å². The second kappa shape index (κ2) is 6.87. The predicted molar refractivity (Wildman–Crippen MR) is 80.3 cm³/mol. The number of morpholine rings is 1. The van der Waals surface area contributed by atoms with Crippen LogP contribution in [-0.4, -0.2) is 66.0 Å². The molecule has 0 spiro atoms. The molecule has 6 nitrogen and oxygen atoms in total. The monoisotopic (exact) mass is 303 g/mol. The van der Waals surface area contributed by atoms with E-state index in [0.29, 0.717) is 45.1 Å². The number of amides is 2. The highest BCUT2D eigenvalue weighted by Crippen LogP contribution is 2.20. The zero-order valence-electron chi connectivity index (χ0n) is 12.6. The molecular formula is C16H21N3O3. The van der Waals surface area contributed by atoms with Gasteiger partial charge in [-0.15, -0.1) is 0 Å². The largest absolute Gasteiger partial charge is 0.378 e. The molecule has 0 saturated carbocycles. The Hall–Kier alpha value is -1.95. The van der Waals surface area contributed by atoms with Gasteiger partial charge in [0.05, 0.1) is 19.1 Å². The van der Waals surface area contributed by atoms with Crippen LogP contribution in [-0.2, 0) is 9.53 Å². The Morgan fingerprint density at radius 1 is 1.14 bits per heavy atom. The van der Waals surface area contributed by atoms with Crippen LogP contribution in [0.2, 0.25) is 0 Å². The molecule has 2 amide bonds. The third-order valence-corrected chi connectivity index (χ3v) is 4.26. The summed E-state index contributed by atoms with van der Waals surface area (Å²) in [6, 6.07) is 5.31. The topological polar surface area (TPSA) is 62.7 Å². The van der Waals surface area contributed by atoms with Crippen LogP contribution in [0.3, 0.4) is 0 Å². The van der Waals surface area contributed by atoms with Crippen LogP contribution in [0.4, 0.5) is 0 Å². The fourth-order valence-corrected chi connectivity index (χ4v) is 3.06. The minimum absolute atomic E-state index is 0.0833. The Labute approximate surface area is 130 Å². The van der Waals surface area contributed by atoms with Crippen LogP contribution in [0, 0.1) is 5.92 Å². The Morgan fingerprint density at radius 2 is 1.95 bits per heavy atom. The van der Waals surface area contributed by atoms with E-state index in [1.807, 2.05) is 4.90 Å². The van der Waals surface area contributed by atoms with Crippen molar-refractivity contribution in [2.75, 3.05) is 39.4 Å². The maximum atomic E-state index is 12.6. The molecular weight excluding hydrogens is 282 g/mol. The third kappa shape index (κ3) is 3.27. The number of piperidine rings is 1. The van der Waals surface area contributed by atoms with Gasteiger partial charge in [0.2, 0.25) is 5.91 Å². The lowest BCUT2D eigenvalue weighted by atomic mass is 9.96. The molecule has 1 aromatic rings. The Balaban J connectivity index is 1.63. The van der Waals surface area contributed by atoms with Gasteiger partial charge in [0.25, 0.3) is 5.91 Å². The Kier molecular flexibility index (Phi) is 4.68. The summed E-state index contributed by atoms with van der Waals surface area (Å²) in [5.41, 5.74) is 0.446.